The van der Waals surface area contributed by atoms with E-state index in [1.807, 2.05) is 55.3 Å². The van der Waals surface area contributed by atoms with E-state index >= 15 is 4.39 Å². The van der Waals surface area contributed by atoms with Crippen molar-refractivity contribution in [2.24, 2.45) is 20.0 Å². The van der Waals surface area contributed by atoms with Crippen molar-refractivity contribution in [1.82, 2.24) is 48.2 Å². The highest BCUT2D eigenvalue weighted by molar-refractivity contribution is 6.00. The summed E-state index contributed by atoms with van der Waals surface area (Å²) in [6.07, 6.45) is 8.61. The van der Waals surface area contributed by atoms with Crippen LogP contribution in [0.3, 0.4) is 0 Å². The Balaban J connectivity index is 0.719. The summed E-state index contributed by atoms with van der Waals surface area (Å²) >= 11 is 0. The Morgan fingerprint density at radius 3 is 2.42 bits per heavy atom. The minimum absolute atomic E-state index is 0.0300. The highest BCUT2D eigenvalue weighted by atomic mass is 19.1. The van der Waals surface area contributed by atoms with E-state index in [0.717, 1.165) is 102 Å². The van der Waals surface area contributed by atoms with E-state index in [1.54, 1.807) is 41.7 Å². The topological polar surface area (TPSA) is 155 Å². The Labute approximate surface area is 412 Å². The first kappa shape index (κ1) is 48.0. The van der Waals surface area contributed by atoms with E-state index in [9.17, 15) is 24.0 Å². The molecular formula is C54H64FN11O5. The van der Waals surface area contributed by atoms with Gasteiger partial charge in [-0.05, 0) is 112 Å². The Morgan fingerprint density at radius 2 is 1.72 bits per heavy atom. The Bertz CT molecular complexity index is 3210. The van der Waals surface area contributed by atoms with Gasteiger partial charge in [-0.2, -0.15) is 0 Å². The molecule has 3 atom stereocenters. The predicted octanol–water partition coefficient (Wildman–Crippen LogP) is 5.75. The normalized spacial score (nSPS) is 20.4. The van der Waals surface area contributed by atoms with Gasteiger partial charge in [0.25, 0.3) is 11.5 Å². The summed E-state index contributed by atoms with van der Waals surface area (Å²) in [7, 11) is 5.52. The van der Waals surface area contributed by atoms with E-state index < -0.39 is 11.9 Å². The number of hydrogen-bond acceptors (Lipinski definition) is 10. The van der Waals surface area contributed by atoms with Gasteiger partial charge in [-0.1, -0.05) is 12.1 Å². The lowest BCUT2D eigenvalue weighted by molar-refractivity contribution is -0.135. The number of carbonyl (C=O) groups is 3. The van der Waals surface area contributed by atoms with E-state index in [2.05, 4.69) is 60.9 Å². The monoisotopic (exact) mass is 966 g/mol. The van der Waals surface area contributed by atoms with Crippen molar-refractivity contribution in [2.45, 2.75) is 77.5 Å². The van der Waals surface area contributed by atoms with Crippen molar-refractivity contribution in [2.75, 3.05) is 64.7 Å². The minimum Gasteiger partial charge on any atom is -0.388 e. The Morgan fingerprint density at radius 1 is 0.915 bits per heavy atom. The number of piperazine rings is 1. The first-order valence-electron chi connectivity index (χ1n) is 25.0. The smallest absolute Gasteiger partial charge is 0.329 e. The number of nitrogens with one attached hydrogen (secondary N) is 2. The average Bonchev–Trinajstić information content (AvgIpc) is 3.83. The molecule has 0 spiro atoms. The molecule has 2 N–H and O–H groups in total. The number of aryl methyl sites for hydroxylation is 3. The average molecular weight is 966 g/mol. The van der Waals surface area contributed by atoms with E-state index in [0.29, 0.717) is 61.1 Å². The fourth-order valence-corrected chi connectivity index (χ4v) is 11.7. The summed E-state index contributed by atoms with van der Waals surface area (Å²) in [6, 6.07) is 16.4. The maximum Gasteiger partial charge on any atom is 0.329 e. The lowest BCUT2D eigenvalue weighted by Gasteiger charge is -2.42. The summed E-state index contributed by atoms with van der Waals surface area (Å²) in [5.74, 6) is -0.751. The molecule has 71 heavy (non-hydrogen) atoms. The number of imidazole rings is 1. The second-order valence-corrected chi connectivity index (χ2v) is 20.2. The number of amides is 3. The molecule has 2 aromatic carbocycles. The van der Waals surface area contributed by atoms with E-state index in [-0.39, 0.29) is 41.3 Å². The summed E-state index contributed by atoms with van der Waals surface area (Å²) in [5.41, 5.74) is 8.26. The molecule has 6 aromatic rings. The zero-order valence-corrected chi connectivity index (χ0v) is 41.6. The molecule has 10 rings (SSSR count). The van der Waals surface area contributed by atoms with Gasteiger partial charge in [-0.15, -0.1) is 0 Å². The van der Waals surface area contributed by atoms with Crippen LogP contribution >= 0.6 is 0 Å². The molecule has 3 saturated heterocycles. The number of anilines is 1. The first-order chi connectivity index (χ1) is 34.2. The predicted molar refractivity (Wildman–Crippen MR) is 273 cm³/mol. The van der Waals surface area contributed by atoms with Gasteiger partial charge in [0.15, 0.2) is 0 Å². The highest BCUT2D eigenvalue weighted by Crippen LogP contribution is 2.35. The van der Waals surface area contributed by atoms with Crippen molar-refractivity contribution in [1.29, 1.82) is 0 Å². The number of benzene rings is 2. The van der Waals surface area contributed by atoms with E-state index in [4.69, 9.17) is 0 Å². The van der Waals surface area contributed by atoms with Crippen molar-refractivity contribution in [3.63, 3.8) is 0 Å². The second kappa shape index (κ2) is 19.5. The molecule has 0 saturated carbocycles. The molecule has 4 aromatic heterocycles. The second-order valence-electron chi connectivity index (χ2n) is 20.2. The van der Waals surface area contributed by atoms with E-state index in [1.165, 1.54) is 10.6 Å². The molecule has 4 aliphatic heterocycles. The molecule has 3 amide bonds. The van der Waals surface area contributed by atoms with Gasteiger partial charge >= 0.3 is 5.69 Å². The number of pyridine rings is 2. The summed E-state index contributed by atoms with van der Waals surface area (Å²) in [4.78, 5) is 78.5. The molecule has 372 valence electrons. The third-order valence-electron chi connectivity index (χ3n) is 15.8. The zero-order valence-electron chi connectivity index (χ0n) is 41.6. The number of likely N-dealkylation sites (tertiary alicyclic amines) is 1. The van der Waals surface area contributed by atoms with Crippen molar-refractivity contribution >= 4 is 51.0 Å². The van der Waals surface area contributed by atoms with Crippen LogP contribution in [0.4, 0.5) is 10.1 Å². The van der Waals surface area contributed by atoms with Crippen molar-refractivity contribution in [3.8, 4) is 5.69 Å². The molecule has 1 unspecified atom stereocenters. The number of halogens is 1. The van der Waals surface area contributed by atoms with Crippen molar-refractivity contribution < 1.29 is 18.8 Å². The number of carbonyl (C=O) groups excluding carboxylic acids is 3. The molecule has 3 fully saturated rings. The quantitative estimate of drug-likeness (QED) is 0.154. The zero-order chi connectivity index (χ0) is 49.8. The number of nitrogens with zero attached hydrogens (tertiary/aromatic N) is 9. The fourth-order valence-electron chi connectivity index (χ4n) is 11.7. The maximum atomic E-state index is 16.1. The van der Waals surface area contributed by atoms with Gasteiger partial charge < -0.3 is 14.8 Å². The Hall–Kier alpha value is -6.69. The molecule has 4 aliphatic rings. The van der Waals surface area contributed by atoms with Gasteiger partial charge in [0.2, 0.25) is 11.8 Å². The number of piperidine rings is 2. The molecule has 8 heterocycles. The van der Waals surface area contributed by atoms with Gasteiger partial charge in [-0.3, -0.25) is 52.9 Å². The third-order valence-corrected chi connectivity index (χ3v) is 15.8. The summed E-state index contributed by atoms with van der Waals surface area (Å²) in [5, 5.41) is 6.29. The van der Waals surface area contributed by atoms with Crippen LogP contribution in [0.1, 0.15) is 90.8 Å². The molecule has 0 radical (unpaired) electrons. The van der Waals surface area contributed by atoms with Gasteiger partial charge in [0.05, 0.1) is 16.7 Å². The number of aromatic nitrogens is 5. The molecular weight excluding hydrogens is 902 g/mol. The number of fused-ring (bicyclic) bond motifs is 2. The highest BCUT2D eigenvalue weighted by Gasteiger charge is 2.33. The standard InChI is InChI=1S/C54H64FN11O5/c1-33-25-39(27-42(55)50(33)38-14-20-62(21-15-38)35(3)46-29-41-43(11-17-57-51(41)59(46)5)65-22-16-40(56-4)28-49(65)68)53(70)63-18-12-36(13-19-63)32-64-24-23-61(30-34(64)2)31-37-7-8-44-47(26-37)60(6)54(71)66(44)45-9-10-48(67)58-52(45)69/h7-8,11,14,16-17,22,25-29,34-36,45,56H,9-10,12-13,15,18-21,23-24,30-32H2,1-6H3,(H,58,67,69)/t34-,35-,45?/m0/s1. The van der Waals surface area contributed by atoms with Gasteiger partial charge in [0, 0.05) is 145 Å². The molecule has 17 heteroatoms. The van der Waals surface area contributed by atoms with Crippen LogP contribution in [0.2, 0.25) is 0 Å². The lowest BCUT2D eigenvalue weighted by atomic mass is 9.92. The summed E-state index contributed by atoms with van der Waals surface area (Å²) in [6.45, 7) is 13.5. The number of hydrogen-bond donors (Lipinski definition) is 2. The minimum atomic E-state index is -0.707. The van der Waals surface area contributed by atoms with Crippen LogP contribution in [-0.4, -0.2) is 126 Å². The molecule has 0 bridgehead atoms. The van der Waals surface area contributed by atoms with Crippen LogP contribution in [0.25, 0.3) is 33.3 Å². The van der Waals surface area contributed by atoms with Crippen LogP contribution in [-0.2, 0) is 30.2 Å². The van der Waals surface area contributed by atoms with Gasteiger partial charge in [0.1, 0.15) is 17.5 Å². The largest absolute Gasteiger partial charge is 0.388 e. The fraction of sp³-hybridized carbons (Fsp3) is 0.444. The van der Waals surface area contributed by atoms with Crippen LogP contribution in [0, 0.1) is 18.7 Å². The third kappa shape index (κ3) is 9.15. The SMILES string of the molecule is CNc1ccn(-c2ccnc3c2cc([C@H](C)N2CC=C(c4c(C)cc(C(=O)N5CCC(CN6CCN(Cc7ccc8c(c7)n(C)c(=O)n8C7CCC(=O)NC7=O)C[C@@H]6C)CC5)cc4F)CC2)n3C)c(=O)c1. The van der Waals surface area contributed by atoms with Crippen LogP contribution < -0.4 is 21.9 Å². The molecule has 16 nitrogen and oxygen atoms in total. The van der Waals surface area contributed by atoms with Crippen LogP contribution in [0.5, 0.6) is 0 Å². The lowest BCUT2D eigenvalue weighted by Crippen LogP contribution is -2.53. The van der Waals surface area contributed by atoms with Gasteiger partial charge in [-0.25, -0.2) is 14.2 Å². The number of rotatable bonds is 11. The van der Waals surface area contributed by atoms with Crippen LogP contribution in [0.15, 0.2) is 82.7 Å². The van der Waals surface area contributed by atoms with Crippen molar-refractivity contribution in [3.05, 3.63) is 128 Å². The summed E-state index contributed by atoms with van der Waals surface area (Å²) < 4.78 is 23.0. The Kier molecular flexibility index (Phi) is 13.2. The maximum absolute atomic E-state index is 16.1. The first-order valence-corrected chi connectivity index (χ1v) is 25.0. The number of imide groups is 1. The molecule has 0 aliphatic carbocycles.